The van der Waals surface area contributed by atoms with Gasteiger partial charge in [-0.1, -0.05) is 31.5 Å². The first-order valence-electron chi connectivity index (χ1n) is 15.3. The number of nitrogens with one attached hydrogen (secondary N) is 1. The van der Waals surface area contributed by atoms with Crippen molar-refractivity contribution in [1.82, 2.24) is 9.97 Å². The number of benzene rings is 2. The van der Waals surface area contributed by atoms with E-state index in [1.807, 2.05) is 65.0 Å². The Labute approximate surface area is 262 Å². The van der Waals surface area contributed by atoms with Crippen LogP contribution in [-0.2, 0) is 4.74 Å². The number of allylic oxidation sites excluding steroid dienone is 4. The Morgan fingerprint density at radius 3 is 2.18 bits per heavy atom. The summed E-state index contributed by atoms with van der Waals surface area (Å²) in [5.41, 5.74) is 7.31. The van der Waals surface area contributed by atoms with Gasteiger partial charge in [0.2, 0.25) is 0 Å². The molecular weight excluding hydrogens is 546 g/mol. The van der Waals surface area contributed by atoms with Gasteiger partial charge >= 0.3 is 0 Å². The molecule has 230 valence electrons. The average Bonchev–Trinajstić information content (AvgIpc) is 3.01. The van der Waals surface area contributed by atoms with Crippen molar-refractivity contribution in [2.75, 3.05) is 5.32 Å². The highest BCUT2D eigenvalue weighted by atomic mass is 16.5. The normalized spacial score (nSPS) is 11.0. The number of aromatic nitrogens is 2. The van der Waals surface area contributed by atoms with Crippen LogP contribution in [0.25, 0.3) is 22.3 Å². The molecule has 6 nitrogen and oxygen atoms in total. The molecule has 1 amide bonds. The number of amides is 1. The summed E-state index contributed by atoms with van der Waals surface area (Å²) in [6.07, 6.45) is 7.20. The van der Waals surface area contributed by atoms with Crippen molar-refractivity contribution in [3.05, 3.63) is 112 Å². The predicted octanol–water partition coefficient (Wildman–Crippen LogP) is 10.2. The van der Waals surface area contributed by atoms with Crippen LogP contribution in [0, 0.1) is 13.8 Å². The molecule has 0 unspecified atom stereocenters. The second-order valence-electron chi connectivity index (χ2n) is 11.1. The van der Waals surface area contributed by atoms with E-state index in [1.165, 1.54) is 5.57 Å². The van der Waals surface area contributed by atoms with Gasteiger partial charge in [0, 0.05) is 35.7 Å². The van der Waals surface area contributed by atoms with Gasteiger partial charge in [-0.05, 0) is 120 Å². The number of aryl methyl sites for hydroxylation is 2. The molecule has 0 atom stereocenters. The zero-order chi connectivity index (χ0) is 32.2. The van der Waals surface area contributed by atoms with Crippen LogP contribution in [0.2, 0.25) is 0 Å². The Morgan fingerprint density at radius 2 is 1.59 bits per heavy atom. The van der Waals surface area contributed by atoms with E-state index in [4.69, 9.17) is 9.72 Å². The summed E-state index contributed by atoms with van der Waals surface area (Å²) < 4.78 is 5.64. The number of hydrogen-bond acceptors (Lipinski definition) is 5. The summed E-state index contributed by atoms with van der Waals surface area (Å²) >= 11 is 0. The SMILES string of the molecule is C/C=C(/C)OC(CCC)=C(C)C.CCCC(=O)c1ccc(NC(=O)c2cc(-c3ccccn3)nc3c(C)cc(C)cc23)cc1. The molecule has 2 heterocycles. The molecule has 2 aromatic carbocycles. The van der Waals surface area contributed by atoms with Gasteiger partial charge < -0.3 is 10.1 Å². The van der Waals surface area contributed by atoms with Gasteiger partial charge in [0.1, 0.15) is 5.76 Å². The number of ether oxygens (including phenoxy) is 1. The van der Waals surface area contributed by atoms with Gasteiger partial charge in [-0.25, -0.2) is 4.98 Å². The molecule has 0 aliphatic carbocycles. The number of anilines is 1. The van der Waals surface area contributed by atoms with E-state index >= 15 is 0 Å². The molecule has 0 spiro atoms. The molecule has 44 heavy (non-hydrogen) atoms. The molecule has 0 saturated heterocycles. The van der Waals surface area contributed by atoms with E-state index in [1.54, 1.807) is 36.5 Å². The first-order chi connectivity index (χ1) is 21.1. The summed E-state index contributed by atoms with van der Waals surface area (Å²) in [6.45, 7) is 16.3. The Morgan fingerprint density at radius 1 is 0.886 bits per heavy atom. The number of fused-ring (bicyclic) bond motifs is 1. The first kappa shape index (κ1) is 33.9. The molecule has 0 aliphatic heterocycles. The predicted molar refractivity (Wildman–Crippen MR) is 182 cm³/mol. The highest BCUT2D eigenvalue weighted by Crippen LogP contribution is 2.28. The fourth-order valence-electron chi connectivity index (χ4n) is 4.71. The molecule has 4 aromatic rings. The first-order valence-corrected chi connectivity index (χ1v) is 15.3. The number of nitrogens with zero attached hydrogens (tertiary/aromatic N) is 2. The lowest BCUT2D eigenvalue weighted by Crippen LogP contribution is -2.13. The van der Waals surface area contributed by atoms with E-state index < -0.39 is 0 Å². The van der Waals surface area contributed by atoms with E-state index in [2.05, 4.69) is 37.1 Å². The highest BCUT2D eigenvalue weighted by Gasteiger charge is 2.17. The summed E-state index contributed by atoms with van der Waals surface area (Å²) in [4.78, 5) is 34.6. The molecule has 2 aromatic heterocycles. The summed E-state index contributed by atoms with van der Waals surface area (Å²) in [5, 5.41) is 3.77. The molecular formula is C38H45N3O3. The topological polar surface area (TPSA) is 81.2 Å². The molecule has 6 heteroatoms. The van der Waals surface area contributed by atoms with Crippen LogP contribution in [0.5, 0.6) is 0 Å². The quantitative estimate of drug-likeness (QED) is 0.147. The molecule has 0 bridgehead atoms. The summed E-state index contributed by atoms with van der Waals surface area (Å²) in [5.74, 6) is 1.98. The van der Waals surface area contributed by atoms with Gasteiger partial charge in [0.05, 0.1) is 28.2 Å². The molecule has 0 fully saturated rings. The van der Waals surface area contributed by atoms with Gasteiger partial charge in [-0.15, -0.1) is 0 Å². The van der Waals surface area contributed by atoms with E-state index in [9.17, 15) is 9.59 Å². The van der Waals surface area contributed by atoms with Gasteiger partial charge in [0.15, 0.2) is 5.78 Å². The number of Topliss-reactive ketones (excluding diaryl/α,β-unsaturated/α-hetero) is 1. The van der Waals surface area contributed by atoms with Crippen molar-refractivity contribution >= 4 is 28.3 Å². The number of carbonyl (C=O) groups is 2. The molecule has 1 N–H and O–H groups in total. The lowest BCUT2D eigenvalue weighted by atomic mass is 10.00. The zero-order valence-corrected chi connectivity index (χ0v) is 27.4. The second-order valence-corrected chi connectivity index (χ2v) is 11.1. The minimum Gasteiger partial charge on any atom is -0.467 e. The Kier molecular flexibility index (Phi) is 12.6. The maximum Gasteiger partial charge on any atom is 0.256 e. The molecule has 4 rings (SSSR count). The molecule has 0 radical (unpaired) electrons. The van der Waals surface area contributed by atoms with Crippen LogP contribution >= 0.6 is 0 Å². The van der Waals surface area contributed by atoms with Crippen LogP contribution in [0.1, 0.15) is 99.1 Å². The van der Waals surface area contributed by atoms with Crippen molar-refractivity contribution in [1.29, 1.82) is 0 Å². The maximum absolute atomic E-state index is 13.3. The Bertz CT molecular complexity index is 1650. The van der Waals surface area contributed by atoms with Crippen LogP contribution in [0.3, 0.4) is 0 Å². The van der Waals surface area contributed by atoms with Crippen molar-refractivity contribution < 1.29 is 14.3 Å². The minimum absolute atomic E-state index is 0.108. The van der Waals surface area contributed by atoms with Crippen LogP contribution in [-0.4, -0.2) is 21.7 Å². The van der Waals surface area contributed by atoms with Gasteiger partial charge in [-0.2, -0.15) is 0 Å². The van der Waals surface area contributed by atoms with Crippen LogP contribution < -0.4 is 5.32 Å². The third-order valence-corrected chi connectivity index (χ3v) is 7.09. The lowest BCUT2D eigenvalue weighted by Gasteiger charge is -2.13. The fourth-order valence-corrected chi connectivity index (χ4v) is 4.71. The monoisotopic (exact) mass is 591 g/mol. The highest BCUT2D eigenvalue weighted by molar-refractivity contribution is 6.13. The standard InChI is InChI=1S/C27H25N3O2.C11H20O/c1-4-7-25(31)19-9-11-20(12-10-19)29-27(32)22-16-24(23-8-5-6-13-28-23)30-26-18(3)14-17(2)15-21(22)26;1-6-8-11(9(3)4)12-10(5)7-2/h5-6,8-16H,4,7H2,1-3H3,(H,29,32);7H,6,8H2,1-5H3/b;10-7-. The van der Waals surface area contributed by atoms with E-state index in [0.29, 0.717) is 34.6 Å². The zero-order valence-electron chi connectivity index (χ0n) is 27.4. The van der Waals surface area contributed by atoms with Crippen LogP contribution in [0.15, 0.2) is 90.0 Å². The average molecular weight is 592 g/mol. The van der Waals surface area contributed by atoms with E-state index in [-0.39, 0.29) is 11.7 Å². The minimum atomic E-state index is -0.229. The fraction of sp³-hybridized carbons (Fsp3) is 0.316. The summed E-state index contributed by atoms with van der Waals surface area (Å²) in [7, 11) is 0. The Balaban J connectivity index is 0.000000375. The largest absolute Gasteiger partial charge is 0.467 e. The number of rotatable bonds is 10. The summed E-state index contributed by atoms with van der Waals surface area (Å²) in [6, 6.07) is 18.5. The number of pyridine rings is 2. The van der Waals surface area contributed by atoms with Crippen LogP contribution in [0.4, 0.5) is 5.69 Å². The third-order valence-electron chi connectivity index (χ3n) is 7.09. The second kappa shape index (κ2) is 16.3. The van der Waals surface area contributed by atoms with Crippen molar-refractivity contribution in [3.63, 3.8) is 0 Å². The number of ketones is 1. The van der Waals surface area contributed by atoms with E-state index in [0.717, 1.165) is 52.8 Å². The number of hydrogen-bond donors (Lipinski definition) is 1. The third kappa shape index (κ3) is 9.21. The van der Waals surface area contributed by atoms with Crippen molar-refractivity contribution in [2.24, 2.45) is 0 Å². The van der Waals surface area contributed by atoms with Crippen molar-refractivity contribution in [2.45, 2.75) is 81.1 Å². The molecule has 0 saturated carbocycles. The smallest absolute Gasteiger partial charge is 0.256 e. The lowest BCUT2D eigenvalue weighted by molar-refractivity contribution is 0.0980. The van der Waals surface area contributed by atoms with Crippen molar-refractivity contribution in [3.8, 4) is 11.4 Å². The Hall–Kier alpha value is -4.58. The molecule has 0 aliphatic rings. The van der Waals surface area contributed by atoms with Gasteiger partial charge in [0.25, 0.3) is 5.91 Å². The number of carbonyl (C=O) groups excluding carboxylic acids is 2. The maximum atomic E-state index is 13.3. The van der Waals surface area contributed by atoms with Gasteiger partial charge in [-0.3, -0.25) is 14.6 Å².